The summed E-state index contributed by atoms with van der Waals surface area (Å²) in [5, 5.41) is 17.0. The van der Waals surface area contributed by atoms with E-state index in [9.17, 15) is 19.5 Å². The summed E-state index contributed by atoms with van der Waals surface area (Å²) in [5.41, 5.74) is -0.984. The minimum atomic E-state index is -0.984. The summed E-state index contributed by atoms with van der Waals surface area (Å²) in [6.07, 6.45) is 0.957. The number of hydrogen-bond donors (Lipinski definition) is 3. The van der Waals surface area contributed by atoms with Gasteiger partial charge in [0.15, 0.2) is 0 Å². The van der Waals surface area contributed by atoms with Gasteiger partial charge in [-0.25, -0.2) is 4.79 Å². The second-order valence-electron chi connectivity index (χ2n) is 6.89. The number of aliphatic hydroxyl groups is 1. The molecule has 1 aromatic heterocycles. The Labute approximate surface area is 144 Å². The smallest absolute Gasteiger partial charge is 0.325 e. The highest BCUT2D eigenvalue weighted by Crippen LogP contribution is 2.39. The van der Waals surface area contributed by atoms with Crippen LogP contribution in [0, 0.1) is 5.92 Å². The first-order valence-electron chi connectivity index (χ1n) is 7.93. The Morgan fingerprint density at radius 1 is 1.50 bits per heavy atom. The van der Waals surface area contributed by atoms with Crippen molar-refractivity contribution >= 4 is 29.2 Å². The molecule has 1 aliphatic carbocycles. The van der Waals surface area contributed by atoms with Gasteiger partial charge in [-0.3, -0.25) is 14.5 Å². The van der Waals surface area contributed by atoms with E-state index in [2.05, 4.69) is 10.6 Å². The summed E-state index contributed by atoms with van der Waals surface area (Å²) in [7, 11) is 0. The normalized spacial score (nSPS) is 26.7. The number of thiophene rings is 1. The number of hydrogen-bond acceptors (Lipinski definition) is 5. The number of nitrogens with one attached hydrogen (secondary N) is 2. The van der Waals surface area contributed by atoms with Gasteiger partial charge in [-0.1, -0.05) is 6.07 Å². The van der Waals surface area contributed by atoms with Crippen LogP contribution < -0.4 is 10.6 Å². The molecule has 130 valence electrons. The van der Waals surface area contributed by atoms with Gasteiger partial charge in [0, 0.05) is 4.88 Å². The van der Waals surface area contributed by atoms with Crippen molar-refractivity contribution in [1.82, 2.24) is 15.5 Å². The van der Waals surface area contributed by atoms with E-state index >= 15 is 0 Å². The minimum absolute atomic E-state index is 0.169. The van der Waals surface area contributed by atoms with Crippen LogP contribution in [-0.4, -0.2) is 46.0 Å². The van der Waals surface area contributed by atoms with E-state index in [1.54, 1.807) is 13.8 Å². The Balaban J connectivity index is 1.66. The molecule has 0 aromatic carbocycles. The highest BCUT2D eigenvalue weighted by molar-refractivity contribution is 7.10. The van der Waals surface area contributed by atoms with Crippen LogP contribution in [0.3, 0.4) is 0 Å². The van der Waals surface area contributed by atoms with Gasteiger partial charge in [-0.05, 0) is 44.1 Å². The maximum atomic E-state index is 12.4. The zero-order valence-corrected chi connectivity index (χ0v) is 14.4. The van der Waals surface area contributed by atoms with Crippen LogP contribution in [0.15, 0.2) is 17.5 Å². The number of nitrogens with zero attached hydrogens (tertiary/aromatic N) is 1. The van der Waals surface area contributed by atoms with E-state index in [1.807, 2.05) is 17.5 Å². The fraction of sp³-hybridized carbons (Fsp3) is 0.562. The van der Waals surface area contributed by atoms with Crippen molar-refractivity contribution in [2.45, 2.75) is 44.4 Å². The summed E-state index contributed by atoms with van der Waals surface area (Å²) < 4.78 is 0. The van der Waals surface area contributed by atoms with Crippen LogP contribution in [0.4, 0.5) is 4.79 Å². The van der Waals surface area contributed by atoms with E-state index in [-0.39, 0.29) is 30.5 Å². The van der Waals surface area contributed by atoms with Gasteiger partial charge in [0.25, 0.3) is 5.91 Å². The predicted octanol–water partition coefficient (Wildman–Crippen LogP) is 1.01. The maximum Gasteiger partial charge on any atom is 0.325 e. The lowest BCUT2D eigenvalue weighted by Gasteiger charge is -2.37. The third kappa shape index (κ3) is 3.16. The van der Waals surface area contributed by atoms with Gasteiger partial charge in [0.2, 0.25) is 5.91 Å². The SMILES string of the molecule is CC1(C)NC(=O)N(CC(=O)N[C@H](c2cccs2)C2CC(O)C2)C1=O. The maximum absolute atomic E-state index is 12.4. The van der Waals surface area contributed by atoms with Crippen molar-refractivity contribution in [3.05, 3.63) is 22.4 Å². The van der Waals surface area contributed by atoms with Gasteiger partial charge in [0.05, 0.1) is 12.1 Å². The van der Waals surface area contributed by atoms with Crippen LogP contribution in [0.5, 0.6) is 0 Å². The second kappa shape index (κ2) is 6.18. The summed E-state index contributed by atoms with van der Waals surface area (Å²) in [6, 6.07) is 3.10. The summed E-state index contributed by atoms with van der Waals surface area (Å²) in [6.45, 7) is 2.91. The first-order chi connectivity index (χ1) is 11.3. The molecular weight excluding hydrogens is 330 g/mol. The molecule has 0 unspecified atom stereocenters. The van der Waals surface area contributed by atoms with E-state index < -0.39 is 17.5 Å². The lowest BCUT2D eigenvalue weighted by atomic mass is 9.77. The molecule has 0 spiro atoms. The Hall–Kier alpha value is -1.93. The molecule has 2 fully saturated rings. The van der Waals surface area contributed by atoms with Gasteiger partial charge >= 0.3 is 6.03 Å². The van der Waals surface area contributed by atoms with Gasteiger partial charge in [-0.2, -0.15) is 0 Å². The molecule has 1 aromatic rings. The van der Waals surface area contributed by atoms with Crippen molar-refractivity contribution in [2.24, 2.45) is 5.92 Å². The molecule has 2 heterocycles. The molecule has 4 amide bonds. The first-order valence-corrected chi connectivity index (χ1v) is 8.81. The lowest BCUT2D eigenvalue weighted by molar-refractivity contribution is -0.134. The molecule has 1 atom stereocenters. The molecule has 24 heavy (non-hydrogen) atoms. The third-order valence-electron chi connectivity index (χ3n) is 4.53. The Morgan fingerprint density at radius 3 is 2.71 bits per heavy atom. The zero-order chi connectivity index (χ0) is 17.5. The van der Waals surface area contributed by atoms with Crippen LogP contribution in [0.25, 0.3) is 0 Å². The molecule has 3 N–H and O–H groups in total. The topological polar surface area (TPSA) is 98.7 Å². The summed E-state index contributed by atoms with van der Waals surface area (Å²) >= 11 is 1.54. The number of rotatable bonds is 5. The zero-order valence-electron chi connectivity index (χ0n) is 13.6. The standard InChI is InChI=1S/C16H21N3O4S/c1-16(2)14(22)19(15(23)18-16)8-12(21)17-13(9-6-10(20)7-9)11-4-3-5-24-11/h3-5,9-10,13,20H,6-8H2,1-2H3,(H,17,21)(H,18,23)/t9?,10?,13-/m0/s1. The number of amides is 4. The fourth-order valence-corrected chi connectivity index (χ4v) is 3.99. The van der Waals surface area contributed by atoms with E-state index in [4.69, 9.17) is 0 Å². The van der Waals surface area contributed by atoms with Crippen LogP contribution in [0.2, 0.25) is 0 Å². The number of urea groups is 1. The van der Waals surface area contributed by atoms with Gasteiger partial charge < -0.3 is 15.7 Å². The highest BCUT2D eigenvalue weighted by Gasteiger charge is 2.45. The number of aliphatic hydroxyl groups excluding tert-OH is 1. The predicted molar refractivity (Wildman–Crippen MR) is 88.3 cm³/mol. The lowest BCUT2D eigenvalue weighted by Crippen LogP contribution is -2.46. The number of imide groups is 1. The number of carbonyl (C=O) groups is 3. The van der Waals surface area contributed by atoms with E-state index in [1.165, 1.54) is 11.3 Å². The quantitative estimate of drug-likeness (QED) is 0.690. The molecule has 0 bridgehead atoms. The van der Waals surface area contributed by atoms with Gasteiger partial charge in [-0.15, -0.1) is 11.3 Å². The summed E-state index contributed by atoms with van der Waals surface area (Å²) in [4.78, 5) is 38.4. The molecule has 1 aliphatic heterocycles. The second-order valence-corrected chi connectivity index (χ2v) is 7.87. The third-order valence-corrected chi connectivity index (χ3v) is 5.49. The highest BCUT2D eigenvalue weighted by atomic mass is 32.1. The fourth-order valence-electron chi connectivity index (χ4n) is 3.12. The van der Waals surface area contributed by atoms with Gasteiger partial charge in [0.1, 0.15) is 12.1 Å². The minimum Gasteiger partial charge on any atom is -0.393 e. The van der Waals surface area contributed by atoms with Crippen LogP contribution >= 0.6 is 11.3 Å². The van der Waals surface area contributed by atoms with Crippen molar-refractivity contribution < 1.29 is 19.5 Å². The Kier molecular flexibility index (Phi) is 4.35. The van der Waals surface area contributed by atoms with Crippen molar-refractivity contribution in [2.75, 3.05) is 6.54 Å². The molecule has 7 nitrogen and oxygen atoms in total. The summed E-state index contributed by atoms with van der Waals surface area (Å²) in [5.74, 6) is -0.618. The molecule has 1 saturated heterocycles. The van der Waals surface area contributed by atoms with Crippen LogP contribution in [0.1, 0.15) is 37.6 Å². The molecule has 1 saturated carbocycles. The van der Waals surface area contributed by atoms with Crippen LogP contribution in [-0.2, 0) is 9.59 Å². The molecule has 2 aliphatic rings. The van der Waals surface area contributed by atoms with Crippen molar-refractivity contribution in [3.8, 4) is 0 Å². The largest absolute Gasteiger partial charge is 0.393 e. The average molecular weight is 351 g/mol. The van der Waals surface area contributed by atoms with Crippen molar-refractivity contribution in [1.29, 1.82) is 0 Å². The molecule has 8 heteroatoms. The van der Waals surface area contributed by atoms with E-state index in [0.717, 1.165) is 9.78 Å². The monoisotopic (exact) mass is 351 g/mol. The van der Waals surface area contributed by atoms with Crippen molar-refractivity contribution in [3.63, 3.8) is 0 Å². The first kappa shape index (κ1) is 16.9. The Morgan fingerprint density at radius 2 is 2.21 bits per heavy atom. The average Bonchev–Trinajstić information content (AvgIpc) is 3.05. The molecule has 3 rings (SSSR count). The number of carbonyl (C=O) groups excluding carboxylic acids is 3. The van der Waals surface area contributed by atoms with E-state index in [0.29, 0.717) is 12.8 Å². The Bertz CT molecular complexity index is 652. The molecular formula is C16H21N3O4S. The molecule has 0 radical (unpaired) electrons.